The predicted molar refractivity (Wildman–Crippen MR) is 93.8 cm³/mol. The van der Waals surface area contributed by atoms with Gasteiger partial charge < -0.3 is 15.4 Å². The van der Waals surface area contributed by atoms with Gasteiger partial charge in [0.15, 0.2) is 0 Å². The van der Waals surface area contributed by atoms with E-state index in [2.05, 4.69) is 10.6 Å². The molecule has 8 nitrogen and oxygen atoms in total. The van der Waals surface area contributed by atoms with Gasteiger partial charge in [-0.2, -0.15) is 0 Å². The lowest BCUT2D eigenvalue weighted by Gasteiger charge is -2.12. The van der Waals surface area contributed by atoms with E-state index in [1.807, 2.05) is 0 Å². The molecule has 1 atom stereocenters. The van der Waals surface area contributed by atoms with Crippen molar-refractivity contribution < 1.29 is 19.2 Å². The van der Waals surface area contributed by atoms with Gasteiger partial charge in [0.1, 0.15) is 11.8 Å². The second-order valence-electron chi connectivity index (χ2n) is 5.74. The number of nitro benzene ring substituents is 1. The number of amides is 1. The van der Waals surface area contributed by atoms with Crippen molar-refractivity contribution in [3.63, 3.8) is 0 Å². The van der Waals surface area contributed by atoms with Gasteiger partial charge >= 0.3 is 5.97 Å². The zero-order valence-electron chi connectivity index (χ0n) is 13.8. The Morgan fingerprint density at radius 3 is 2.65 bits per heavy atom. The maximum atomic E-state index is 12.1. The Bertz CT molecular complexity index is 852. The first kappa shape index (κ1) is 17.4. The number of cyclic esters (lactones) is 1. The number of para-hydroxylation sites is 2. The first-order valence-electron chi connectivity index (χ1n) is 8.10. The van der Waals surface area contributed by atoms with Gasteiger partial charge in [0.05, 0.1) is 16.9 Å². The van der Waals surface area contributed by atoms with Gasteiger partial charge in [-0.1, -0.05) is 30.3 Å². The molecule has 0 saturated heterocycles. The zero-order valence-corrected chi connectivity index (χ0v) is 13.8. The van der Waals surface area contributed by atoms with Crippen LogP contribution in [0.25, 0.3) is 0 Å². The van der Waals surface area contributed by atoms with Gasteiger partial charge in [0.25, 0.3) is 5.69 Å². The molecule has 1 amide bonds. The number of ether oxygens (including phenoxy) is 1. The summed E-state index contributed by atoms with van der Waals surface area (Å²) in [4.78, 5) is 34.3. The van der Waals surface area contributed by atoms with E-state index in [1.165, 1.54) is 6.07 Å². The van der Waals surface area contributed by atoms with Gasteiger partial charge in [0.2, 0.25) is 5.91 Å². The third-order valence-electron chi connectivity index (χ3n) is 4.01. The highest BCUT2D eigenvalue weighted by molar-refractivity contribution is 5.94. The second kappa shape index (κ2) is 7.64. The van der Waals surface area contributed by atoms with Crippen LogP contribution in [0.2, 0.25) is 0 Å². The fraction of sp³-hybridized carbons (Fsp3) is 0.222. The van der Waals surface area contributed by atoms with Crippen LogP contribution in [0, 0.1) is 10.1 Å². The minimum atomic E-state index is -0.582. The number of benzene rings is 2. The molecule has 8 heteroatoms. The van der Waals surface area contributed by atoms with Crippen molar-refractivity contribution in [2.24, 2.45) is 0 Å². The van der Waals surface area contributed by atoms with Crippen LogP contribution < -0.4 is 10.6 Å². The summed E-state index contributed by atoms with van der Waals surface area (Å²) >= 11 is 0. The van der Waals surface area contributed by atoms with E-state index in [-0.39, 0.29) is 24.6 Å². The zero-order chi connectivity index (χ0) is 18.5. The fourth-order valence-electron chi connectivity index (χ4n) is 2.79. The molecule has 2 aromatic carbocycles. The summed E-state index contributed by atoms with van der Waals surface area (Å²) in [5.74, 6) is -0.680. The van der Waals surface area contributed by atoms with Crippen LogP contribution in [-0.4, -0.2) is 29.9 Å². The van der Waals surface area contributed by atoms with Crippen molar-refractivity contribution in [2.75, 3.05) is 18.4 Å². The average molecular weight is 355 g/mol. The summed E-state index contributed by atoms with van der Waals surface area (Å²) in [7, 11) is 0. The van der Waals surface area contributed by atoms with Crippen LogP contribution in [0.5, 0.6) is 0 Å². The van der Waals surface area contributed by atoms with Crippen LogP contribution in [0.1, 0.15) is 28.4 Å². The Balaban J connectivity index is 1.47. The third kappa shape index (κ3) is 3.80. The first-order valence-corrected chi connectivity index (χ1v) is 8.10. The van der Waals surface area contributed by atoms with Crippen molar-refractivity contribution in [2.45, 2.75) is 12.5 Å². The molecule has 0 unspecified atom stereocenters. The fourth-order valence-corrected chi connectivity index (χ4v) is 2.79. The summed E-state index contributed by atoms with van der Waals surface area (Å²) in [6.07, 6.45) is -0.546. The number of carbonyl (C=O) groups excluding carboxylic acids is 2. The number of rotatable bonds is 7. The Kier molecular flexibility index (Phi) is 5.12. The molecular weight excluding hydrogens is 338 g/mol. The molecule has 0 aliphatic carbocycles. The largest absolute Gasteiger partial charge is 0.453 e. The van der Waals surface area contributed by atoms with E-state index >= 15 is 0 Å². The Hall–Kier alpha value is -3.42. The molecule has 1 aliphatic rings. The number of fused-ring (bicyclic) bond motifs is 1. The van der Waals surface area contributed by atoms with Crippen molar-refractivity contribution >= 4 is 23.3 Å². The molecular formula is C18H17N3O5. The number of anilines is 1. The minimum absolute atomic E-state index is 0.0201. The van der Waals surface area contributed by atoms with Crippen LogP contribution in [0.4, 0.5) is 11.4 Å². The van der Waals surface area contributed by atoms with Crippen LogP contribution in [-0.2, 0) is 9.53 Å². The first-order chi connectivity index (χ1) is 12.6. The highest BCUT2D eigenvalue weighted by Crippen LogP contribution is 2.32. The van der Waals surface area contributed by atoms with E-state index in [1.54, 1.807) is 42.5 Å². The van der Waals surface area contributed by atoms with Crippen LogP contribution >= 0.6 is 0 Å². The molecule has 2 aromatic rings. The van der Waals surface area contributed by atoms with E-state index in [4.69, 9.17) is 4.74 Å². The van der Waals surface area contributed by atoms with Crippen molar-refractivity contribution in [3.05, 3.63) is 69.8 Å². The van der Waals surface area contributed by atoms with Gasteiger partial charge in [-0.05, 0) is 12.1 Å². The second-order valence-corrected chi connectivity index (χ2v) is 5.74. The van der Waals surface area contributed by atoms with Gasteiger partial charge in [-0.25, -0.2) is 4.79 Å². The molecule has 0 bridgehead atoms. The summed E-state index contributed by atoms with van der Waals surface area (Å²) in [6, 6.07) is 13.3. The van der Waals surface area contributed by atoms with E-state index in [9.17, 15) is 19.7 Å². The number of nitro groups is 1. The number of hydrogen-bond acceptors (Lipinski definition) is 6. The van der Waals surface area contributed by atoms with E-state index in [0.717, 1.165) is 0 Å². The maximum Gasteiger partial charge on any atom is 0.339 e. The highest BCUT2D eigenvalue weighted by atomic mass is 16.6. The molecule has 134 valence electrons. The minimum Gasteiger partial charge on any atom is -0.453 e. The summed E-state index contributed by atoms with van der Waals surface area (Å²) in [5.41, 5.74) is 1.58. The molecule has 0 saturated carbocycles. The van der Waals surface area contributed by atoms with Gasteiger partial charge in [0, 0.05) is 24.7 Å². The van der Waals surface area contributed by atoms with E-state index < -0.39 is 17.0 Å². The number of carbonyl (C=O) groups is 2. The SMILES string of the molecule is O=C(C[C@@H]1OC(=O)c2ccccc21)NCCNc1ccccc1[N+](=O)[O-]. The smallest absolute Gasteiger partial charge is 0.339 e. The number of hydrogen-bond donors (Lipinski definition) is 2. The molecule has 0 fully saturated rings. The maximum absolute atomic E-state index is 12.1. The normalized spacial score (nSPS) is 15.1. The lowest BCUT2D eigenvalue weighted by molar-refractivity contribution is -0.384. The van der Waals surface area contributed by atoms with Crippen molar-refractivity contribution in [1.29, 1.82) is 0 Å². The van der Waals surface area contributed by atoms with Crippen LogP contribution in [0.3, 0.4) is 0 Å². The van der Waals surface area contributed by atoms with E-state index in [0.29, 0.717) is 23.4 Å². The monoisotopic (exact) mass is 355 g/mol. The van der Waals surface area contributed by atoms with Gasteiger partial charge in [-0.15, -0.1) is 0 Å². The molecule has 0 radical (unpaired) electrons. The molecule has 1 aliphatic heterocycles. The van der Waals surface area contributed by atoms with Crippen LogP contribution in [0.15, 0.2) is 48.5 Å². The quantitative estimate of drug-likeness (QED) is 0.341. The molecule has 3 rings (SSSR count). The summed E-state index contributed by atoms with van der Waals surface area (Å²) < 4.78 is 5.23. The molecule has 26 heavy (non-hydrogen) atoms. The predicted octanol–water partition coefficient (Wildman–Crippen LogP) is 2.42. The number of esters is 1. The lowest BCUT2D eigenvalue weighted by Crippen LogP contribution is -2.30. The van der Waals surface area contributed by atoms with Gasteiger partial charge in [-0.3, -0.25) is 14.9 Å². The molecule has 1 heterocycles. The Morgan fingerprint density at radius 2 is 1.85 bits per heavy atom. The lowest BCUT2D eigenvalue weighted by atomic mass is 10.0. The topological polar surface area (TPSA) is 111 Å². The number of nitrogens with zero attached hydrogens (tertiary/aromatic N) is 1. The summed E-state index contributed by atoms with van der Waals surface area (Å²) in [5, 5.41) is 16.6. The van der Waals surface area contributed by atoms with Crippen molar-refractivity contribution in [3.8, 4) is 0 Å². The Labute approximate surface area is 149 Å². The average Bonchev–Trinajstić information content (AvgIpc) is 2.95. The Morgan fingerprint density at radius 1 is 1.12 bits per heavy atom. The van der Waals surface area contributed by atoms with Crippen molar-refractivity contribution in [1.82, 2.24) is 5.32 Å². The highest BCUT2D eigenvalue weighted by Gasteiger charge is 2.31. The third-order valence-corrected chi connectivity index (χ3v) is 4.01. The standard InChI is InChI=1S/C18H17N3O5/c22-17(11-16-12-5-1-2-6-13(12)18(23)26-16)20-10-9-19-14-7-3-4-8-15(14)21(24)25/h1-8,16,19H,9-11H2,(H,20,22)/t16-/m0/s1. The molecule has 0 spiro atoms. The number of nitrogens with one attached hydrogen (secondary N) is 2. The summed E-state index contributed by atoms with van der Waals surface area (Å²) in [6.45, 7) is 0.616. The molecule has 2 N–H and O–H groups in total. The molecule has 0 aromatic heterocycles.